The normalized spacial score (nSPS) is 13.1. The van der Waals surface area contributed by atoms with Crippen molar-refractivity contribution in [2.24, 2.45) is 4.99 Å². The fourth-order valence-corrected chi connectivity index (χ4v) is 2.53. The molecule has 4 heterocycles. The molecule has 6 heteroatoms. The van der Waals surface area contributed by atoms with Gasteiger partial charge in [0, 0.05) is 36.5 Å². The van der Waals surface area contributed by atoms with Crippen LogP contribution >= 0.6 is 0 Å². The quantitative estimate of drug-likeness (QED) is 0.782. The summed E-state index contributed by atoms with van der Waals surface area (Å²) in [5, 5.41) is 10.5. The first kappa shape index (κ1) is 12.5. The van der Waals surface area contributed by atoms with Crippen molar-refractivity contribution in [2.75, 3.05) is 0 Å². The summed E-state index contributed by atoms with van der Waals surface area (Å²) in [6, 6.07) is 7.01. The molecule has 0 fully saturated rings. The number of fused-ring (bicyclic) bond motifs is 1. The minimum Gasteiger partial charge on any atom is -0.494 e. The molecule has 0 saturated carbocycles. The third-order valence-corrected chi connectivity index (χ3v) is 3.55. The minimum absolute atomic E-state index is 0.0115. The zero-order valence-corrected chi connectivity index (χ0v) is 11.3. The highest BCUT2D eigenvalue weighted by Gasteiger charge is 2.31. The van der Waals surface area contributed by atoms with E-state index in [1.807, 2.05) is 0 Å². The standard InChI is InChI=1S/C16H10N4O2/c21-15-12-9-20(11-3-7-18-8-4-11)16(22)13(12)14(19-15)10-1-5-17-6-2-10/h1-9,22H. The Balaban J connectivity index is 1.91. The first-order chi connectivity index (χ1) is 10.8. The Morgan fingerprint density at radius 1 is 0.955 bits per heavy atom. The molecule has 0 atom stereocenters. The molecule has 3 aromatic heterocycles. The number of aromatic hydroxyl groups is 1. The van der Waals surface area contributed by atoms with E-state index in [1.165, 1.54) is 0 Å². The summed E-state index contributed by atoms with van der Waals surface area (Å²) in [7, 11) is 0. The second kappa shape index (κ2) is 4.63. The average molecular weight is 290 g/mol. The van der Waals surface area contributed by atoms with Gasteiger partial charge >= 0.3 is 0 Å². The van der Waals surface area contributed by atoms with Crippen molar-refractivity contribution in [3.8, 4) is 11.6 Å². The summed E-state index contributed by atoms with van der Waals surface area (Å²) in [4.78, 5) is 24.1. The summed E-state index contributed by atoms with van der Waals surface area (Å²) >= 11 is 0. The van der Waals surface area contributed by atoms with E-state index in [4.69, 9.17) is 0 Å². The number of rotatable bonds is 2. The van der Waals surface area contributed by atoms with E-state index in [2.05, 4.69) is 15.0 Å². The van der Waals surface area contributed by atoms with E-state index in [0.29, 0.717) is 16.8 Å². The molecular weight excluding hydrogens is 280 g/mol. The Kier molecular flexibility index (Phi) is 2.62. The molecule has 106 valence electrons. The molecule has 1 amide bonds. The van der Waals surface area contributed by atoms with Crippen LogP contribution in [0.5, 0.6) is 5.88 Å². The lowest BCUT2D eigenvalue weighted by Gasteiger charge is -2.06. The number of pyridine rings is 2. The van der Waals surface area contributed by atoms with Gasteiger partial charge in [0.05, 0.1) is 22.5 Å². The highest BCUT2D eigenvalue weighted by atomic mass is 16.3. The molecular formula is C16H10N4O2. The molecule has 1 N–H and O–H groups in total. The Morgan fingerprint density at radius 2 is 1.59 bits per heavy atom. The fourth-order valence-electron chi connectivity index (χ4n) is 2.53. The highest BCUT2D eigenvalue weighted by Crippen LogP contribution is 2.34. The molecule has 0 spiro atoms. The molecule has 0 aromatic carbocycles. The number of carbonyl (C=O) groups excluding carboxylic acids is 1. The van der Waals surface area contributed by atoms with Crippen LogP contribution in [0.2, 0.25) is 0 Å². The van der Waals surface area contributed by atoms with Crippen LogP contribution in [0.3, 0.4) is 0 Å². The predicted octanol–water partition coefficient (Wildman–Crippen LogP) is 1.96. The molecule has 0 aliphatic carbocycles. The number of aliphatic imine (C=N–C) groups is 1. The van der Waals surface area contributed by atoms with Crippen molar-refractivity contribution in [3.63, 3.8) is 0 Å². The van der Waals surface area contributed by atoms with Gasteiger partial charge in [0.1, 0.15) is 0 Å². The molecule has 6 nitrogen and oxygen atoms in total. The predicted molar refractivity (Wildman–Crippen MR) is 79.4 cm³/mol. The Morgan fingerprint density at radius 3 is 2.27 bits per heavy atom. The SMILES string of the molecule is O=C1N=C(c2ccncc2)c2c1cn(-c1ccncc1)c2O. The van der Waals surface area contributed by atoms with Gasteiger partial charge in [0.15, 0.2) is 0 Å². The van der Waals surface area contributed by atoms with Gasteiger partial charge in [0.2, 0.25) is 5.88 Å². The maximum absolute atomic E-state index is 12.1. The number of carbonyl (C=O) groups is 1. The van der Waals surface area contributed by atoms with Crippen LogP contribution in [0.25, 0.3) is 5.69 Å². The lowest BCUT2D eigenvalue weighted by molar-refractivity contribution is 0.101. The van der Waals surface area contributed by atoms with Gasteiger partial charge in [-0.25, -0.2) is 4.99 Å². The van der Waals surface area contributed by atoms with Crippen molar-refractivity contribution in [3.05, 3.63) is 71.9 Å². The Hall–Kier alpha value is -3.28. The van der Waals surface area contributed by atoms with E-state index in [1.54, 1.807) is 59.8 Å². The molecule has 0 saturated heterocycles. The van der Waals surface area contributed by atoms with Crippen LogP contribution in [0.1, 0.15) is 21.5 Å². The molecule has 0 bridgehead atoms. The maximum Gasteiger partial charge on any atom is 0.279 e. The van der Waals surface area contributed by atoms with E-state index in [-0.39, 0.29) is 11.8 Å². The zero-order chi connectivity index (χ0) is 15.1. The van der Waals surface area contributed by atoms with E-state index < -0.39 is 0 Å². The first-order valence-corrected chi connectivity index (χ1v) is 6.64. The Labute approximate surface area is 125 Å². The summed E-state index contributed by atoms with van der Waals surface area (Å²) in [6.07, 6.45) is 8.09. The summed E-state index contributed by atoms with van der Waals surface area (Å²) < 4.78 is 1.56. The summed E-state index contributed by atoms with van der Waals surface area (Å²) in [5.74, 6) is -0.368. The second-order valence-corrected chi connectivity index (χ2v) is 4.82. The van der Waals surface area contributed by atoms with Crippen molar-refractivity contribution < 1.29 is 9.90 Å². The monoisotopic (exact) mass is 290 g/mol. The van der Waals surface area contributed by atoms with Gasteiger partial charge < -0.3 is 5.11 Å². The van der Waals surface area contributed by atoms with Crippen molar-refractivity contribution >= 4 is 11.6 Å². The van der Waals surface area contributed by atoms with Gasteiger partial charge in [-0.15, -0.1) is 0 Å². The summed E-state index contributed by atoms with van der Waals surface area (Å²) in [6.45, 7) is 0. The molecule has 22 heavy (non-hydrogen) atoms. The van der Waals surface area contributed by atoms with Gasteiger partial charge in [0.25, 0.3) is 5.91 Å². The zero-order valence-electron chi connectivity index (χ0n) is 11.3. The van der Waals surface area contributed by atoms with Gasteiger partial charge in [-0.3, -0.25) is 19.3 Å². The second-order valence-electron chi connectivity index (χ2n) is 4.82. The van der Waals surface area contributed by atoms with E-state index in [9.17, 15) is 9.90 Å². The molecule has 1 aliphatic heterocycles. The summed E-state index contributed by atoms with van der Waals surface area (Å²) in [5.41, 5.74) is 2.77. The third-order valence-electron chi connectivity index (χ3n) is 3.55. The molecule has 0 radical (unpaired) electrons. The molecule has 0 unspecified atom stereocenters. The van der Waals surface area contributed by atoms with Crippen LogP contribution in [-0.2, 0) is 0 Å². The topological polar surface area (TPSA) is 80.4 Å². The van der Waals surface area contributed by atoms with Crippen LogP contribution < -0.4 is 0 Å². The largest absolute Gasteiger partial charge is 0.494 e. The number of nitrogens with zero attached hydrogens (tertiary/aromatic N) is 4. The van der Waals surface area contributed by atoms with E-state index in [0.717, 1.165) is 11.3 Å². The van der Waals surface area contributed by atoms with Crippen molar-refractivity contribution in [1.82, 2.24) is 14.5 Å². The lowest BCUT2D eigenvalue weighted by Crippen LogP contribution is -2.01. The molecule has 4 rings (SSSR count). The van der Waals surface area contributed by atoms with Gasteiger partial charge in [-0.1, -0.05) is 0 Å². The molecule has 1 aliphatic rings. The van der Waals surface area contributed by atoms with Crippen LogP contribution in [0.15, 0.2) is 60.2 Å². The van der Waals surface area contributed by atoms with Crippen LogP contribution in [-0.4, -0.2) is 31.3 Å². The number of hydrogen-bond acceptors (Lipinski definition) is 4. The Bertz CT molecular complexity index is 899. The molecule has 3 aromatic rings. The number of amides is 1. The average Bonchev–Trinajstić information content (AvgIpc) is 3.08. The third kappa shape index (κ3) is 1.74. The number of hydrogen-bond donors (Lipinski definition) is 1. The van der Waals surface area contributed by atoms with Gasteiger partial charge in [-0.05, 0) is 24.3 Å². The van der Waals surface area contributed by atoms with Crippen molar-refractivity contribution in [1.29, 1.82) is 0 Å². The lowest BCUT2D eigenvalue weighted by atomic mass is 10.0. The van der Waals surface area contributed by atoms with Crippen LogP contribution in [0.4, 0.5) is 0 Å². The highest BCUT2D eigenvalue weighted by molar-refractivity contribution is 6.28. The smallest absolute Gasteiger partial charge is 0.279 e. The van der Waals surface area contributed by atoms with Crippen LogP contribution in [0, 0.1) is 0 Å². The maximum atomic E-state index is 12.1. The first-order valence-electron chi connectivity index (χ1n) is 6.64. The van der Waals surface area contributed by atoms with E-state index >= 15 is 0 Å². The minimum atomic E-state index is -0.357. The van der Waals surface area contributed by atoms with Gasteiger partial charge in [-0.2, -0.15) is 0 Å². The fraction of sp³-hybridized carbons (Fsp3) is 0. The number of aromatic nitrogens is 3. The van der Waals surface area contributed by atoms with Crippen molar-refractivity contribution in [2.45, 2.75) is 0 Å².